The maximum atomic E-state index is 9.74. The molecule has 0 unspecified atom stereocenters. The molecule has 100 valence electrons. The molecule has 0 fully saturated rings. The number of aliphatic hydroxyl groups excluding tert-OH is 1. The second-order valence-corrected chi connectivity index (χ2v) is 5.00. The molecule has 0 bridgehead atoms. The van der Waals surface area contributed by atoms with E-state index in [2.05, 4.69) is 0 Å². The number of benzene rings is 2. The number of rotatable bonds is 4. The monoisotopic (exact) mass is 276 g/mol. The molecular formula is C16H17ClO2. The van der Waals surface area contributed by atoms with Crippen molar-refractivity contribution < 1.29 is 9.84 Å². The van der Waals surface area contributed by atoms with Crippen molar-refractivity contribution in [1.29, 1.82) is 0 Å². The van der Waals surface area contributed by atoms with E-state index in [0.29, 0.717) is 17.4 Å². The third-order valence-corrected chi connectivity index (χ3v) is 3.33. The van der Waals surface area contributed by atoms with Gasteiger partial charge in [-0.2, -0.15) is 0 Å². The van der Waals surface area contributed by atoms with Crippen LogP contribution in [0.3, 0.4) is 0 Å². The molecule has 2 aromatic rings. The number of aryl methyl sites for hydroxylation is 1. The van der Waals surface area contributed by atoms with Crippen LogP contribution in [0.25, 0.3) is 0 Å². The fourth-order valence-electron chi connectivity index (χ4n) is 1.88. The maximum absolute atomic E-state index is 9.74. The molecule has 2 aromatic carbocycles. The van der Waals surface area contributed by atoms with Crippen LogP contribution < -0.4 is 4.74 Å². The number of ether oxygens (including phenoxy) is 1. The highest BCUT2D eigenvalue weighted by Crippen LogP contribution is 2.27. The van der Waals surface area contributed by atoms with Gasteiger partial charge in [-0.1, -0.05) is 41.9 Å². The molecule has 0 radical (unpaired) electrons. The smallest absolute Gasteiger partial charge is 0.125 e. The van der Waals surface area contributed by atoms with Crippen LogP contribution in [0, 0.1) is 6.92 Å². The van der Waals surface area contributed by atoms with Gasteiger partial charge in [0.25, 0.3) is 0 Å². The van der Waals surface area contributed by atoms with Crippen molar-refractivity contribution in [3.8, 4) is 5.75 Å². The molecule has 0 aliphatic rings. The van der Waals surface area contributed by atoms with Crippen molar-refractivity contribution in [3.05, 3.63) is 64.2 Å². The van der Waals surface area contributed by atoms with E-state index < -0.39 is 6.10 Å². The molecule has 0 aliphatic heterocycles. The van der Waals surface area contributed by atoms with E-state index in [-0.39, 0.29) is 0 Å². The minimum atomic E-state index is -0.554. The number of halogens is 1. The zero-order valence-corrected chi connectivity index (χ0v) is 11.8. The first-order chi connectivity index (χ1) is 9.08. The van der Waals surface area contributed by atoms with Crippen molar-refractivity contribution in [2.24, 2.45) is 0 Å². The Hall–Kier alpha value is -1.51. The molecule has 3 heteroatoms. The largest absolute Gasteiger partial charge is 0.488 e. The lowest BCUT2D eigenvalue weighted by Crippen LogP contribution is -2.01. The van der Waals surface area contributed by atoms with Gasteiger partial charge in [0.1, 0.15) is 12.4 Å². The summed E-state index contributed by atoms with van der Waals surface area (Å²) in [6, 6.07) is 13.4. The van der Waals surface area contributed by atoms with E-state index in [0.717, 1.165) is 16.7 Å². The van der Waals surface area contributed by atoms with E-state index in [1.54, 1.807) is 6.92 Å². The molecule has 1 N–H and O–H groups in total. The van der Waals surface area contributed by atoms with Crippen LogP contribution in [0.5, 0.6) is 5.75 Å². The Labute approximate surface area is 118 Å². The molecule has 2 rings (SSSR count). The second kappa shape index (κ2) is 6.09. The van der Waals surface area contributed by atoms with Gasteiger partial charge in [0.05, 0.1) is 6.10 Å². The van der Waals surface area contributed by atoms with Gasteiger partial charge in [-0.25, -0.2) is 0 Å². The molecule has 0 saturated heterocycles. The van der Waals surface area contributed by atoms with Gasteiger partial charge in [0.15, 0.2) is 0 Å². The summed E-state index contributed by atoms with van der Waals surface area (Å²) < 4.78 is 5.80. The van der Waals surface area contributed by atoms with Gasteiger partial charge < -0.3 is 9.84 Å². The Morgan fingerprint density at radius 1 is 1.21 bits per heavy atom. The average molecular weight is 277 g/mol. The SMILES string of the molecule is Cc1ccc([C@H](C)O)c(OCc2ccccc2Cl)c1. The van der Waals surface area contributed by atoms with Gasteiger partial charge >= 0.3 is 0 Å². The van der Waals surface area contributed by atoms with Crippen molar-refractivity contribution in [2.75, 3.05) is 0 Å². The molecule has 0 spiro atoms. The third kappa shape index (κ3) is 3.49. The van der Waals surface area contributed by atoms with E-state index in [4.69, 9.17) is 16.3 Å². The molecule has 0 saturated carbocycles. The van der Waals surface area contributed by atoms with Crippen LogP contribution in [0.2, 0.25) is 5.02 Å². The Kier molecular flexibility index (Phi) is 4.46. The minimum Gasteiger partial charge on any atom is -0.488 e. The van der Waals surface area contributed by atoms with Crippen LogP contribution in [0.1, 0.15) is 29.7 Å². The fraction of sp³-hybridized carbons (Fsp3) is 0.250. The highest BCUT2D eigenvalue weighted by molar-refractivity contribution is 6.31. The maximum Gasteiger partial charge on any atom is 0.125 e. The quantitative estimate of drug-likeness (QED) is 0.903. The number of hydrogen-bond acceptors (Lipinski definition) is 2. The Morgan fingerprint density at radius 3 is 2.63 bits per heavy atom. The molecule has 0 aliphatic carbocycles. The van der Waals surface area contributed by atoms with E-state index >= 15 is 0 Å². The van der Waals surface area contributed by atoms with Gasteiger partial charge in [-0.05, 0) is 31.5 Å². The fourth-order valence-corrected chi connectivity index (χ4v) is 2.07. The lowest BCUT2D eigenvalue weighted by atomic mass is 10.1. The van der Waals surface area contributed by atoms with E-state index in [1.165, 1.54) is 0 Å². The lowest BCUT2D eigenvalue weighted by Gasteiger charge is -2.14. The van der Waals surface area contributed by atoms with E-state index in [1.807, 2.05) is 49.4 Å². The summed E-state index contributed by atoms with van der Waals surface area (Å²) in [6.07, 6.45) is -0.554. The van der Waals surface area contributed by atoms with Gasteiger partial charge in [-0.15, -0.1) is 0 Å². The van der Waals surface area contributed by atoms with Gasteiger partial charge in [-0.3, -0.25) is 0 Å². The summed E-state index contributed by atoms with van der Waals surface area (Å²) in [7, 11) is 0. The topological polar surface area (TPSA) is 29.5 Å². The second-order valence-electron chi connectivity index (χ2n) is 4.60. The first kappa shape index (κ1) is 13.9. The van der Waals surface area contributed by atoms with Crippen LogP contribution >= 0.6 is 11.6 Å². The summed E-state index contributed by atoms with van der Waals surface area (Å²) in [5.74, 6) is 0.704. The van der Waals surface area contributed by atoms with Crippen molar-refractivity contribution in [2.45, 2.75) is 26.6 Å². The number of hydrogen-bond donors (Lipinski definition) is 1. The molecule has 0 amide bonds. The highest BCUT2D eigenvalue weighted by Gasteiger charge is 2.10. The van der Waals surface area contributed by atoms with Crippen LogP contribution in [-0.2, 0) is 6.61 Å². The van der Waals surface area contributed by atoms with Crippen molar-refractivity contribution in [3.63, 3.8) is 0 Å². The standard InChI is InChI=1S/C16H17ClO2/c1-11-7-8-14(12(2)18)16(9-11)19-10-13-5-3-4-6-15(13)17/h3-9,12,18H,10H2,1-2H3/t12-/m0/s1. The lowest BCUT2D eigenvalue weighted by molar-refractivity contribution is 0.190. The molecule has 0 heterocycles. The van der Waals surface area contributed by atoms with Crippen LogP contribution in [-0.4, -0.2) is 5.11 Å². The van der Waals surface area contributed by atoms with E-state index in [9.17, 15) is 5.11 Å². The first-order valence-electron chi connectivity index (χ1n) is 6.22. The zero-order chi connectivity index (χ0) is 13.8. The Morgan fingerprint density at radius 2 is 1.95 bits per heavy atom. The summed E-state index contributed by atoms with van der Waals surface area (Å²) in [5.41, 5.74) is 2.82. The summed E-state index contributed by atoms with van der Waals surface area (Å²) >= 11 is 6.09. The van der Waals surface area contributed by atoms with Crippen LogP contribution in [0.4, 0.5) is 0 Å². The zero-order valence-electron chi connectivity index (χ0n) is 11.1. The summed E-state index contributed by atoms with van der Waals surface area (Å²) in [5, 5.41) is 10.4. The highest BCUT2D eigenvalue weighted by atomic mass is 35.5. The molecule has 2 nitrogen and oxygen atoms in total. The van der Waals surface area contributed by atoms with Crippen LogP contribution in [0.15, 0.2) is 42.5 Å². The predicted molar refractivity (Wildman–Crippen MR) is 77.6 cm³/mol. The minimum absolute atomic E-state index is 0.392. The summed E-state index contributed by atoms with van der Waals surface area (Å²) in [4.78, 5) is 0. The third-order valence-electron chi connectivity index (χ3n) is 2.96. The summed E-state index contributed by atoms with van der Waals surface area (Å²) in [6.45, 7) is 4.12. The average Bonchev–Trinajstić information content (AvgIpc) is 2.37. The number of aliphatic hydroxyl groups is 1. The normalized spacial score (nSPS) is 12.2. The molecular weight excluding hydrogens is 260 g/mol. The van der Waals surface area contributed by atoms with Crippen molar-refractivity contribution >= 4 is 11.6 Å². The Bertz CT molecular complexity index is 564. The predicted octanol–water partition coefficient (Wildman–Crippen LogP) is 4.28. The molecule has 1 atom stereocenters. The van der Waals surface area contributed by atoms with Crippen molar-refractivity contribution in [1.82, 2.24) is 0 Å². The molecule has 19 heavy (non-hydrogen) atoms. The Balaban J connectivity index is 2.19. The van der Waals surface area contributed by atoms with Gasteiger partial charge in [0, 0.05) is 16.1 Å². The first-order valence-corrected chi connectivity index (χ1v) is 6.60. The van der Waals surface area contributed by atoms with Gasteiger partial charge in [0.2, 0.25) is 0 Å². The molecule has 0 aromatic heterocycles.